The van der Waals surface area contributed by atoms with E-state index in [-0.39, 0.29) is 12.2 Å². The van der Waals surface area contributed by atoms with Crippen LogP contribution in [-0.4, -0.2) is 17.1 Å². The van der Waals surface area contributed by atoms with Gasteiger partial charge >= 0.3 is 5.97 Å². The highest BCUT2D eigenvalue weighted by molar-refractivity contribution is 7.07. The van der Waals surface area contributed by atoms with Crippen molar-refractivity contribution in [3.63, 3.8) is 0 Å². The molecule has 1 aliphatic heterocycles. The van der Waals surface area contributed by atoms with Crippen LogP contribution in [0.2, 0.25) is 5.02 Å². The minimum atomic E-state index is -0.661. The monoisotopic (exact) mass is 608 g/mol. The van der Waals surface area contributed by atoms with Gasteiger partial charge in [0.05, 0.1) is 28.5 Å². The van der Waals surface area contributed by atoms with Crippen molar-refractivity contribution >= 4 is 45.8 Å². The summed E-state index contributed by atoms with van der Waals surface area (Å²) in [6, 6.07) is 26.6. The fourth-order valence-corrected chi connectivity index (χ4v) is 6.43. The third-order valence-electron chi connectivity index (χ3n) is 7.42. The number of allylic oxidation sites excluding steroid dienone is 1. The van der Waals surface area contributed by atoms with E-state index in [1.807, 2.05) is 97.9 Å². The van der Waals surface area contributed by atoms with Crippen LogP contribution in [0.5, 0.6) is 5.75 Å². The maximum atomic E-state index is 14.2. The molecular formula is C35H29ClN2O4S. The van der Waals surface area contributed by atoms with E-state index in [1.165, 1.54) is 11.3 Å². The molecule has 5 aromatic rings. The summed E-state index contributed by atoms with van der Waals surface area (Å²) < 4.78 is 13.8. The number of hydrogen-bond donors (Lipinski definition) is 0. The van der Waals surface area contributed by atoms with Crippen LogP contribution in [-0.2, 0) is 16.1 Å². The predicted octanol–water partition coefficient (Wildman–Crippen LogP) is 6.49. The molecule has 1 aromatic heterocycles. The number of ether oxygens (including phenoxy) is 2. The second-order valence-electron chi connectivity index (χ2n) is 10.3. The van der Waals surface area contributed by atoms with Gasteiger partial charge in [-0.3, -0.25) is 9.36 Å². The molecule has 0 saturated heterocycles. The first-order chi connectivity index (χ1) is 20.8. The molecule has 2 heterocycles. The number of carbonyl (C=O) groups excluding carboxylic acids is 1. The topological polar surface area (TPSA) is 69.9 Å². The van der Waals surface area contributed by atoms with E-state index in [0.717, 1.165) is 33.0 Å². The lowest BCUT2D eigenvalue weighted by atomic mass is 9.95. The lowest BCUT2D eigenvalue weighted by molar-refractivity contribution is -0.139. The molecule has 0 radical (unpaired) electrons. The summed E-state index contributed by atoms with van der Waals surface area (Å²) in [5.41, 5.74) is 4.33. The average molecular weight is 609 g/mol. The molecule has 0 spiro atoms. The highest BCUT2D eigenvalue weighted by Crippen LogP contribution is 2.32. The van der Waals surface area contributed by atoms with Gasteiger partial charge in [0.15, 0.2) is 4.80 Å². The first kappa shape index (κ1) is 28.6. The maximum Gasteiger partial charge on any atom is 0.338 e. The zero-order valence-electron chi connectivity index (χ0n) is 24.0. The van der Waals surface area contributed by atoms with E-state index in [0.29, 0.717) is 38.0 Å². The van der Waals surface area contributed by atoms with E-state index in [2.05, 4.69) is 0 Å². The largest absolute Gasteiger partial charge is 0.488 e. The lowest BCUT2D eigenvalue weighted by Gasteiger charge is -2.24. The van der Waals surface area contributed by atoms with Gasteiger partial charge < -0.3 is 9.47 Å². The molecule has 4 aromatic carbocycles. The second-order valence-corrected chi connectivity index (χ2v) is 11.8. The molecule has 43 heavy (non-hydrogen) atoms. The van der Waals surface area contributed by atoms with Crippen LogP contribution in [0.3, 0.4) is 0 Å². The van der Waals surface area contributed by atoms with Gasteiger partial charge in [0.2, 0.25) is 0 Å². The number of halogens is 1. The van der Waals surface area contributed by atoms with Crippen molar-refractivity contribution in [1.82, 2.24) is 4.57 Å². The van der Waals surface area contributed by atoms with E-state index >= 15 is 0 Å². The second kappa shape index (κ2) is 12.0. The molecule has 0 saturated carbocycles. The van der Waals surface area contributed by atoms with Crippen LogP contribution < -0.4 is 19.6 Å². The Morgan fingerprint density at radius 2 is 1.74 bits per heavy atom. The zero-order valence-corrected chi connectivity index (χ0v) is 25.5. The molecule has 1 aliphatic rings. The highest BCUT2D eigenvalue weighted by atomic mass is 35.5. The molecule has 0 bridgehead atoms. The fourth-order valence-electron chi connectivity index (χ4n) is 5.28. The average Bonchev–Trinajstić information content (AvgIpc) is 3.31. The number of aromatic nitrogens is 1. The molecule has 1 atom stereocenters. The van der Waals surface area contributed by atoms with Crippen molar-refractivity contribution in [1.29, 1.82) is 0 Å². The van der Waals surface area contributed by atoms with Crippen molar-refractivity contribution in [3.05, 3.63) is 143 Å². The summed E-state index contributed by atoms with van der Waals surface area (Å²) in [6.07, 6.45) is 1.87. The Morgan fingerprint density at radius 3 is 2.49 bits per heavy atom. The minimum absolute atomic E-state index is 0.223. The predicted molar refractivity (Wildman–Crippen MR) is 171 cm³/mol. The van der Waals surface area contributed by atoms with Crippen molar-refractivity contribution < 1.29 is 14.3 Å². The Balaban J connectivity index is 1.52. The molecule has 6 rings (SSSR count). The van der Waals surface area contributed by atoms with Gasteiger partial charge in [-0.05, 0) is 66.9 Å². The zero-order chi connectivity index (χ0) is 30.1. The summed E-state index contributed by atoms with van der Waals surface area (Å²) in [6.45, 7) is 6.12. The standard InChI is InChI=1S/C35H29ClN2O4S/c1-4-41-34(40)31-22(3)37-35-38(32(31)25-13-9-21(2)10-14-25)33(39)30(43-35)19-28-27-8-6-5-7-24(27)15-18-29(28)42-20-23-11-16-26(36)17-12-23/h5-19,32H,4,20H2,1-3H3/b30-19-/t32-/m1/s1. The number of carbonyl (C=O) groups is 1. The quantitative estimate of drug-likeness (QED) is 0.198. The lowest BCUT2D eigenvalue weighted by Crippen LogP contribution is -2.39. The first-order valence-corrected chi connectivity index (χ1v) is 15.2. The number of thiazole rings is 1. The van der Waals surface area contributed by atoms with Crippen LogP contribution in [0.1, 0.15) is 42.1 Å². The Morgan fingerprint density at radius 1 is 1.00 bits per heavy atom. The Bertz CT molecular complexity index is 2060. The van der Waals surface area contributed by atoms with Crippen LogP contribution in [0.25, 0.3) is 16.8 Å². The minimum Gasteiger partial charge on any atom is -0.488 e. The molecule has 0 N–H and O–H groups in total. The third-order valence-corrected chi connectivity index (χ3v) is 8.66. The number of hydrogen-bond acceptors (Lipinski definition) is 6. The molecular weight excluding hydrogens is 580 g/mol. The Kier molecular flexibility index (Phi) is 8.02. The molecule has 6 nitrogen and oxygen atoms in total. The summed E-state index contributed by atoms with van der Waals surface area (Å²) in [4.78, 5) is 32.6. The van der Waals surface area contributed by atoms with E-state index < -0.39 is 12.0 Å². The van der Waals surface area contributed by atoms with Gasteiger partial charge in [-0.1, -0.05) is 95.2 Å². The number of benzene rings is 4. The SMILES string of the molecule is CCOC(=O)C1=C(C)N=c2s/c(=C\c3c(OCc4ccc(Cl)cc4)ccc4ccccc34)c(=O)n2[C@@H]1c1ccc(C)cc1. The Labute approximate surface area is 257 Å². The highest BCUT2D eigenvalue weighted by Gasteiger charge is 2.33. The van der Waals surface area contributed by atoms with E-state index in [9.17, 15) is 9.59 Å². The molecule has 0 fully saturated rings. The van der Waals surface area contributed by atoms with E-state index in [4.69, 9.17) is 26.1 Å². The maximum absolute atomic E-state index is 14.2. The Hall–Kier alpha value is -4.46. The number of fused-ring (bicyclic) bond motifs is 2. The number of rotatable bonds is 7. The smallest absolute Gasteiger partial charge is 0.338 e. The van der Waals surface area contributed by atoms with Gasteiger partial charge in [0.1, 0.15) is 12.4 Å². The summed E-state index contributed by atoms with van der Waals surface area (Å²) >= 11 is 7.36. The van der Waals surface area contributed by atoms with Crippen molar-refractivity contribution in [3.8, 4) is 5.75 Å². The summed E-state index contributed by atoms with van der Waals surface area (Å²) in [5, 5.41) is 2.65. The van der Waals surface area contributed by atoms with Crippen LogP contribution in [0.4, 0.5) is 0 Å². The molecule has 216 valence electrons. The van der Waals surface area contributed by atoms with Gasteiger partial charge in [-0.25, -0.2) is 9.79 Å². The van der Waals surface area contributed by atoms with Gasteiger partial charge in [-0.2, -0.15) is 0 Å². The van der Waals surface area contributed by atoms with Crippen molar-refractivity contribution in [2.24, 2.45) is 4.99 Å². The number of nitrogens with zero attached hydrogens (tertiary/aromatic N) is 2. The molecule has 8 heteroatoms. The fraction of sp³-hybridized carbons (Fsp3) is 0.171. The molecule has 0 unspecified atom stereocenters. The van der Waals surface area contributed by atoms with Crippen molar-refractivity contribution in [2.45, 2.75) is 33.4 Å². The van der Waals surface area contributed by atoms with Crippen LogP contribution in [0, 0.1) is 6.92 Å². The van der Waals surface area contributed by atoms with Crippen LogP contribution in [0.15, 0.2) is 106 Å². The normalized spacial score (nSPS) is 14.9. The van der Waals surface area contributed by atoms with E-state index in [1.54, 1.807) is 18.4 Å². The molecule has 0 aliphatic carbocycles. The van der Waals surface area contributed by atoms with Gasteiger partial charge in [0.25, 0.3) is 5.56 Å². The van der Waals surface area contributed by atoms with Crippen molar-refractivity contribution in [2.75, 3.05) is 6.61 Å². The van der Waals surface area contributed by atoms with Crippen LogP contribution >= 0.6 is 22.9 Å². The summed E-state index contributed by atoms with van der Waals surface area (Å²) in [5.74, 6) is 0.175. The first-order valence-electron chi connectivity index (χ1n) is 14.0. The number of esters is 1. The van der Waals surface area contributed by atoms with Gasteiger partial charge in [-0.15, -0.1) is 0 Å². The summed E-state index contributed by atoms with van der Waals surface area (Å²) in [7, 11) is 0. The third kappa shape index (κ3) is 5.66. The number of aryl methyl sites for hydroxylation is 1. The van der Waals surface area contributed by atoms with Gasteiger partial charge in [0, 0.05) is 10.6 Å². The molecule has 0 amide bonds.